The Labute approximate surface area is 290 Å². The maximum atomic E-state index is 14.4. The van der Waals surface area contributed by atoms with Crippen molar-refractivity contribution in [3.05, 3.63) is 93.3 Å². The van der Waals surface area contributed by atoms with E-state index in [9.17, 15) is 48.6 Å². The fourth-order valence-electron chi connectivity index (χ4n) is 7.22. The maximum absolute atomic E-state index is 14.4. The minimum absolute atomic E-state index is 0.0445. The van der Waals surface area contributed by atoms with Crippen LogP contribution in [0, 0.1) is 6.92 Å². The Morgan fingerprint density at radius 1 is 0.827 bits per heavy atom. The summed E-state index contributed by atoms with van der Waals surface area (Å²) in [5.41, 5.74) is -4.26. The van der Waals surface area contributed by atoms with Gasteiger partial charge < -0.3 is 34.5 Å². The number of amides is 2. The fourth-order valence-corrected chi connectivity index (χ4v) is 7.22. The summed E-state index contributed by atoms with van der Waals surface area (Å²) in [5.74, 6) is -3.57. The van der Waals surface area contributed by atoms with E-state index < -0.39 is 91.3 Å². The van der Waals surface area contributed by atoms with Crippen LogP contribution in [0.25, 0.3) is 53.9 Å². The number of esters is 1. The Bertz CT molecular complexity index is 2910. The van der Waals surface area contributed by atoms with E-state index in [2.05, 4.69) is 5.32 Å². The summed E-state index contributed by atoms with van der Waals surface area (Å²) in [6.45, 7) is 3.63. The van der Waals surface area contributed by atoms with Gasteiger partial charge in [0, 0.05) is 38.0 Å². The summed E-state index contributed by atoms with van der Waals surface area (Å²) >= 11 is 0. The number of hydrogen-bond acceptors (Lipinski definition) is 12. The average molecular weight is 708 g/mol. The van der Waals surface area contributed by atoms with Crippen molar-refractivity contribution in [3.8, 4) is 17.2 Å². The number of methoxy groups -OCH3 is 1. The van der Waals surface area contributed by atoms with Gasteiger partial charge in [0.2, 0.25) is 17.2 Å². The number of carbonyl (C=O) groups excluding carboxylic acids is 3. The van der Waals surface area contributed by atoms with E-state index in [1.165, 1.54) is 57.4 Å². The van der Waals surface area contributed by atoms with Gasteiger partial charge in [-0.05, 0) is 45.0 Å². The van der Waals surface area contributed by atoms with Crippen LogP contribution in [0.1, 0.15) is 19.5 Å². The predicted octanol–water partition coefficient (Wildman–Crippen LogP) is 0.938. The van der Waals surface area contributed by atoms with Crippen molar-refractivity contribution in [2.75, 3.05) is 20.3 Å². The number of phenolic OH excluding ortho intramolecular Hbond substituents is 2. The SMILES string of the molecule is CCOC(=O)C1CN(C(=O)Cn2c(C)cc3c(=O)c4ccc5c(OC)c6c(O)c7c(=O)cccc7c(O)c6c(=O)c5c4c(=O)c3c2=O)C(C)C(=O)N1. The van der Waals surface area contributed by atoms with E-state index in [1.807, 2.05) is 0 Å². The molecule has 2 amide bonds. The molecular weight excluding hydrogens is 678 g/mol. The van der Waals surface area contributed by atoms with E-state index in [1.54, 1.807) is 6.92 Å². The van der Waals surface area contributed by atoms with E-state index in [-0.39, 0.29) is 62.3 Å². The molecule has 15 nitrogen and oxygen atoms in total. The zero-order valence-corrected chi connectivity index (χ0v) is 28.1. The molecule has 5 aromatic carbocycles. The molecule has 1 saturated heterocycles. The Morgan fingerprint density at radius 2 is 1.50 bits per heavy atom. The first-order valence-electron chi connectivity index (χ1n) is 16.1. The third-order valence-electron chi connectivity index (χ3n) is 9.76. The zero-order chi connectivity index (χ0) is 37.5. The topological polar surface area (TPSA) is 216 Å². The van der Waals surface area contributed by atoms with Crippen LogP contribution in [0.4, 0.5) is 0 Å². The van der Waals surface area contributed by atoms with Gasteiger partial charge in [-0.15, -0.1) is 0 Å². The number of aromatic nitrogens is 1. The smallest absolute Gasteiger partial charge is 0.330 e. The van der Waals surface area contributed by atoms with Crippen LogP contribution < -0.4 is 37.3 Å². The highest BCUT2D eigenvalue weighted by molar-refractivity contribution is 6.22. The second kappa shape index (κ2) is 12.0. The molecule has 52 heavy (non-hydrogen) atoms. The minimum atomic E-state index is -1.14. The van der Waals surface area contributed by atoms with Crippen LogP contribution in [0.15, 0.2) is 60.4 Å². The summed E-state index contributed by atoms with van der Waals surface area (Å²) in [6.07, 6.45) is 0. The fraction of sp³-hybridized carbons (Fsp3) is 0.243. The van der Waals surface area contributed by atoms with Crippen molar-refractivity contribution in [1.29, 1.82) is 0 Å². The van der Waals surface area contributed by atoms with E-state index in [4.69, 9.17) is 9.47 Å². The summed E-state index contributed by atoms with van der Waals surface area (Å²) in [5, 5.41) is 22.0. The maximum Gasteiger partial charge on any atom is 0.330 e. The largest absolute Gasteiger partial charge is 0.506 e. The molecule has 15 heteroatoms. The number of nitrogens with one attached hydrogen (secondary N) is 1. The van der Waals surface area contributed by atoms with Crippen molar-refractivity contribution in [1.82, 2.24) is 14.8 Å². The number of benzene rings is 5. The van der Waals surface area contributed by atoms with Crippen LogP contribution in [0.2, 0.25) is 0 Å². The molecule has 2 heterocycles. The lowest BCUT2D eigenvalue weighted by atomic mass is 9.92. The number of hydrogen-bond donors (Lipinski definition) is 3. The first-order chi connectivity index (χ1) is 24.7. The number of phenols is 2. The van der Waals surface area contributed by atoms with Crippen LogP contribution in [-0.2, 0) is 25.7 Å². The zero-order valence-electron chi connectivity index (χ0n) is 28.1. The number of aromatic hydroxyl groups is 2. The molecule has 0 spiro atoms. The van der Waals surface area contributed by atoms with Crippen LogP contribution >= 0.6 is 0 Å². The molecule has 1 aliphatic heterocycles. The van der Waals surface area contributed by atoms with Gasteiger partial charge in [-0.2, -0.15) is 0 Å². The Morgan fingerprint density at radius 3 is 2.19 bits per heavy atom. The number of fused-ring (bicyclic) bond motifs is 6. The van der Waals surface area contributed by atoms with Gasteiger partial charge in [-0.3, -0.25) is 33.6 Å². The standard InChI is InChI=1S/C37H29N3O12/c1-5-52-37(50)20-12-40(15(3)35(48)38-20)22(42)13-39-14(2)11-19-26(36(39)49)32(46)24-17(29(19)43)9-10-18-25(24)33(47)27-28(34(18)51-4)31(45)23-16(30(27)44)7-6-8-21(23)41/h6-11,15,20,44-45H,5,12-13H2,1-4H3,(H,38,48). The molecular formula is C37H29N3O12. The molecule has 1 aromatic heterocycles. The van der Waals surface area contributed by atoms with Crippen molar-refractivity contribution >= 4 is 71.6 Å². The number of ether oxygens (including phenoxy) is 2. The molecule has 0 radical (unpaired) electrons. The van der Waals surface area contributed by atoms with Gasteiger partial charge in [0.1, 0.15) is 35.9 Å². The van der Waals surface area contributed by atoms with E-state index in [0.29, 0.717) is 0 Å². The quantitative estimate of drug-likeness (QED) is 0.0988. The predicted molar refractivity (Wildman–Crippen MR) is 190 cm³/mol. The molecule has 6 aromatic rings. The van der Waals surface area contributed by atoms with Crippen molar-refractivity contribution in [2.45, 2.75) is 39.4 Å². The number of pyridine rings is 1. The van der Waals surface area contributed by atoms with Gasteiger partial charge in [0.25, 0.3) is 5.56 Å². The minimum Gasteiger partial charge on any atom is -0.506 e. The van der Waals surface area contributed by atoms with Gasteiger partial charge in [0.15, 0.2) is 16.3 Å². The third-order valence-corrected chi connectivity index (χ3v) is 9.76. The average Bonchev–Trinajstić information content (AvgIpc) is 3.11. The first kappa shape index (κ1) is 33.8. The first-order valence-corrected chi connectivity index (χ1v) is 16.1. The Kier molecular flexibility index (Phi) is 7.81. The molecule has 0 bridgehead atoms. The van der Waals surface area contributed by atoms with Crippen molar-refractivity contribution in [2.24, 2.45) is 0 Å². The molecule has 0 aliphatic carbocycles. The number of nitrogens with zero attached hydrogens (tertiary/aromatic N) is 2. The second-order valence-corrected chi connectivity index (χ2v) is 12.6. The third kappa shape index (κ3) is 4.65. The number of piperazine rings is 1. The summed E-state index contributed by atoms with van der Waals surface area (Å²) in [6, 6.07) is 5.56. The molecule has 7 rings (SSSR count). The van der Waals surface area contributed by atoms with Gasteiger partial charge in [0.05, 0.1) is 41.8 Å². The van der Waals surface area contributed by atoms with Crippen LogP contribution in [0.5, 0.6) is 17.2 Å². The molecule has 2 atom stereocenters. The second-order valence-electron chi connectivity index (χ2n) is 12.6. The highest BCUT2D eigenvalue weighted by Gasteiger charge is 2.38. The molecule has 1 fully saturated rings. The van der Waals surface area contributed by atoms with Gasteiger partial charge >= 0.3 is 5.97 Å². The molecule has 3 N–H and O–H groups in total. The monoisotopic (exact) mass is 707 g/mol. The molecule has 1 aliphatic rings. The van der Waals surface area contributed by atoms with Crippen LogP contribution in [-0.4, -0.2) is 69.8 Å². The number of aryl methyl sites for hydroxylation is 1. The van der Waals surface area contributed by atoms with E-state index >= 15 is 0 Å². The lowest BCUT2D eigenvalue weighted by molar-refractivity contribution is -0.154. The van der Waals surface area contributed by atoms with Crippen LogP contribution in [0.3, 0.4) is 0 Å². The summed E-state index contributed by atoms with van der Waals surface area (Å²) < 4.78 is 11.5. The lowest BCUT2D eigenvalue weighted by Gasteiger charge is -2.36. The van der Waals surface area contributed by atoms with E-state index in [0.717, 1.165) is 9.47 Å². The van der Waals surface area contributed by atoms with Crippen molar-refractivity contribution in [3.63, 3.8) is 0 Å². The summed E-state index contributed by atoms with van der Waals surface area (Å²) in [4.78, 5) is 109. The number of rotatable bonds is 5. The highest BCUT2D eigenvalue weighted by Crippen LogP contribution is 2.46. The summed E-state index contributed by atoms with van der Waals surface area (Å²) in [7, 11) is 1.21. The molecule has 0 saturated carbocycles. The van der Waals surface area contributed by atoms with Gasteiger partial charge in [-0.1, -0.05) is 12.1 Å². The Balaban J connectivity index is 1.49. The highest BCUT2D eigenvalue weighted by atomic mass is 16.5. The molecule has 2 unspecified atom stereocenters. The van der Waals surface area contributed by atoms with Crippen molar-refractivity contribution < 1.29 is 34.1 Å². The van der Waals surface area contributed by atoms with Gasteiger partial charge in [-0.25, -0.2) is 4.79 Å². The normalized spacial score (nSPS) is 16.2. The molecule has 264 valence electrons. The number of carbonyl (C=O) groups is 3. The Hall–Kier alpha value is -6.64. The lowest BCUT2D eigenvalue weighted by Crippen LogP contribution is -2.63.